The van der Waals surface area contributed by atoms with Gasteiger partial charge >= 0.3 is 5.97 Å². The fraction of sp³-hybridized carbons (Fsp3) is 0.875. The number of likely N-dealkylation sites (tertiary alicyclic amines) is 1. The van der Waals surface area contributed by atoms with Crippen LogP contribution in [0.15, 0.2) is 0 Å². The summed E-state index contributed by atoms with van der Waals surface area (Å²) in [5.41, 5.74) is 0. The minimum absolute atomic E-state index is 0.0502. The van der Waals surface area contributed by atoms with Crippen molar-refractivity contribution >= 4 is 11.9 Å². The number of carbonyl (C=O) groups excluding carboxylic acids is 1. The van der Waals surface area contributed by atoms with Crippen molar-refractivity contribution in [2.75, 3.05) is 26.2 Å². The zero-order valence-electron chi connectivity index (χ0n) is 13.0. The molecule has 2 N–H and O–H groups in total. The van der Waals surface area contributed by atoms with Gasteiger partial charge in [0, 0.05) is 19.0 Å². The number of carbonyl (C=O) groups is 2. The lowest BCUT2D eigenvalue weighted by Gasteiger charge is -2.27. The molecular weight excluding hydrogens is 268 g/mol. The number of rotatable bonds is 6. The lowest BCUT2D eigenvalue weighted by Crippen LogP contribution is -2.39. The molecule has 0 spiro atoms. The summed E-state index contributed by atoms with van der Waals surface area (Å²) in [5.74, 6) is -0.703. The highest BCUT2D eigenvalue weighted by Gasteiger charge is 2.31. The summed E-state index contributed by atoms with van der Waals surface area (Å²) in [5, 5.41) is 12.1. The predicted molar refractivity (Wildman–Crippen MR) is 80.9 cm³/mol. The first-order valence-electron chi connectivity index (χ1n) is 8.29. The fourth-order valence-electron chi connectivity index (χ4n) is 3.54. The standard InChI is InChI=1S/C16H28N2O3/c1-12(11-18-7-2-3-8-18)10-17-15(19)13-5-4-6-14(9-13)16(20)21/h12-14H,2-11H2,1H3,(H,17,19)(H,20,21). The molecule has 5 heteroatoms. The third-order valence-corrected chi connectivity index (χ3v) is 4.79. The van der Waals surface area contributed by atoms with Gasteiger partial charge < -0.3 is 15.3 Å². The highest BCUT2D eigenvalue weighted by atomic mass is 16.4. The third-order valence-electron chi connectivity index (χ3n) is 4.79. The summed E-state index contributed by atoms with van der Waals surface area (Å²) in [6, 6.07) is 0. The Hall–Kier alpha value is -1.10. The number of nitrogens with zero attached hydrogens (tertiary/aromatic N) is 1. The minimum atomic E-state index is -0.755. The van der Waals surface area contributed by atoms with E-state index in [2.05, 4.69) is 17.1 Å². The Morgan fingerprint density at radius 1 is 1.19 bits per heavy atom. The largest absolute Gasteiger partial charge is 0.481 e. The second-order valence-corrected chi connectivity index (χ2v) is 6.76. The van der Waals surface area contributed by atoms with E-state index in [4.69, 9.17) is 5.11 Å². The molecule has 21 heavy (non-hydrogen) atoms. The first kappa shape index (κ1) is 16.3. The minimum Gasteiger partial charge on any atom is -0.481 e. The summed E-state index contributed by atoms with van der Waals surface area (Å²) >= 11 is 0. The second-order valence-electron chi connectivity index (χ2n) is 6.76. The maximum atomic E-state index is 12.2. The quantitative estimate of drug-likeness (QED) is 0.783. The van der Waals surface area contributed by atoms with E-state index in [0.717, 1.165) is 19.4 Å². The topological polar surface area (TPSA) is 69.6 Å². The summed E-state index contributed by atoms with van der Waals surface area (Å²) in [6.45, 7) is 6.27. The van der Waals surface area contributed by atoms with Crippen molar-refractivity contribution in [2.45, 2.75) is 45.4 Å². The van der Waals surface area contributed by atoms with Gasteiger partial charge in [-0.3, -0.25) is 9.59 Å². The fourth-order valence-corrected chi connectivity index (χ4v) is 3.54. The molecule has 1 saturated heterocycles. The molecule has 0 aromatic carbocycles. The van der Waals surface area contributed by atoms with Gasteiger partial charge in [-0.2, -0.15) is 0 Å². The van der Waals surface area contributed by atoms with Crippen LogP contribution in [0.1, 0.15) is 45.4 Å². The number of hydrogen-bond donors (Lipinski definition) is 2. The first-order chi connectivity index (χ1) is 10.1. The van der Waals surface area contributed by atoms with E-state index in [1.54, 1.807) is 0 Å². The molecule has 0 radical (unpaired) electrons. The van der Waals surface area contributed by atoms with Gasteiger partial charge in [0.2, 0.25) is 5.91 Å². The van der Waals surface area contributed by atoms with E-state index in [1.807, 2.05) is 0 Å². The van der Waals surface area contributed by atoms with Crippen LogP contribution in [-0.4, -0.2) is 48.1 Å². The van der Waals surface area contributed by atoms with E-state index >= 15 is 0 Å². The van der Waals surface area contributed by atoms with Crippen molar-refractivity contribution in [3.05, 3.63) is 0 Å². The van der Waals surface area contributed by atoms with Gasteiger partial charge in [-0.15, -0.1) is 0 Å². The normalized spacial score (nSPS) is 28.2. The summed E-state index contributed by atoms with van der Waals surface area (Å²) in [6.07, 6.45) is 5.47. The monoisotopic (exact) mass is 296 g/mol. The Morgan fingerprint density at radius 3 is 2.52 bits per heavy atom. The van der Waals surface area contributed by atoms with Crippen molar-refractivity contribution in [2.24, 2.45) is 17.8 Å². The van der Waals surface area contributed by atoms with E-state index in [9.17, 15) is 9.59 Å². The zero-order valence-corrected chi connectivity index (χ0v) is 13.0. The van der Waals surface area contributed by atoms with Crippen molar-refractivity contribution in [3.8, 4) is 0 Å². The van der Waals surface area contributed by atoms with Gasteiger partial charge in [-0.1, -0.05) is 13.3 Å². The van der Waals surface area contributed by atoms with Gasteiger partial charge in [0.25, 0.3) is 0 Å². The number of aliphatic carboxylic acids is 1. The molecule has 2 fully saturated rings. The van der Waals surface area contributed by atoms with Crippen LogP contribution >= 0.6 is 0 Å². The van der Waals surface area contributed by atoms with Crippen molar-refractivity contribution < 1.29 is 14.7 Å². The number of carboxylic acids is 1. The smallest absolute Gasteiger partial charge is 0.306 e. The summed E-state index contributed by atoms with van der Waals surface area (Å²) < 4.78 is 0. The number of carboxylic acid groups (broad SMARTS) is 1. The molecule has 3 atom stereocenters. The molecule has 1 aliphatic carbocycles. The van der Waals surface area contributed by atoms with Crippen molar-refractivity contribution in [1.82, 2.24) is 10.2 Å². The molecule has 0 aromatic rings. The third kappa shape index (κ3) is 4.99. The molecule has 1 heterocycles. The molecule has 3 unspecified atom stereocenters. The lowest BCUT2D eigenvalue weighted by atomic mass is 9.81. The van der Waals surface area contributed by atoms with Crippen LogP contribution in [0, 0.1) is 17.8 Å². The van der Waals surface area contributed by atoms with Gasteiger partial charge in [-0.05, 0) is 51.1 Å². The Labute approximate surface area is 127 Å². The van der Waals surface area contributed by atoms with Crippen LogP contribution in [0.4, 0.5) is 0 Å². The van der Waals surface area contributed by atoms with Crippen LogP contribution in [0.25, 0.3) is 0 Å². The second kappa shape index (κ2) is 7.78. The Balaban J connectivity index is 1.69. The Morgan fingerprint density at radius 2 is 1.86 bits per heavy atom. The molecule has 2 aliphatic rings. The van der Waals surface area contributed by atoms with E-state index in [-0.39, 0.29) is 17.7 Å². The maximum Gasteiger partial charge on any atom is 0.306 e. The molecule has 1 amide bonds. The number of amides is 1. The van der Waals surface area contributed by atoms with Gasteiger partial charge in [0.1, 0.15) is 0 Å². The Bertz CT molecular complexity index is 367. The highest BCUT2D eigenvalue weighted by molar-refractivity contribution is 5.80. The van der Waals surface area contributed by atoms with E-state index in [0.29, 0.717) is 25.3 Å². The lowest BCUT2D eigenvalue weighted by molar-refractivity contribution is -0.144. The molecule has 0 aromatic heterocycles. The van der Waals surface area contributed by atoms with Crippen LogP contribution in [0.3, 0.4) is 0 Å². The van der Waals surface area contributed by atoms with Crippen LogP contribution in [0.2, 0.25) is 0 Å². The van der Waals surface area contributed by atoms with Crippen molar-refractivity contribution in [1.29, 1.82) is 0 Å². The molecule has 1 aliphatic heterocycles. The molecule has 1 saturated carbocycles. The van der Waals surface area contributed by atoms with Gasteiger partial charge in [-0.25, -0.2) is 0 Å². The predicted octanol–water partition coefficient (Wildman–Crippen LogP) is 1.73. The van der Waals surface area contributed by atoms with Crippen molar-refractivity contribution in [3.63, 3.8) is 0 Å². The molecular formula is C16H28N2O3. The first-order valence-corrected chi connectivity index (χ1v) is 8.29. The summed E-state index contributed by atoms with van der Waals surface area (Å²) in [4.78, 5) is 25.7. The number of hydrogen-bond acceptors (Lipinski definition) is 3. The average molecular weight is 296 g/mol. The number of nitrogens with one attached hydrogen (secondary N) is 1. The van der Waals surface area contributed by atoms with Gasteiger partial charge in [0.05, 0.1) is 5.92 Å². The summed E-state index contributed by atoms with van der Waals surface area (Å²) in [7, 11) is 0. The SMILES string of the molecule is CC(CNC(=O)C1CCCC(C(=O)O)C1)CN1CCCC1. The molecule has 0 bridgehead atoms. The maximum absolute atomic E-state index is 12.2. The van der Waals surface area contributed by atoms with Crippen LogP contribution in [-0.2, 0) is 9.59 Å². The van der Waals surface area contributed by atoms with Crippen LogP contribution in [0.5, 0.6) is 0 Å². The average Bonchev–Trinajstić information content (AvgIpc) is 2.97. The van der Waals surface area contributed by atoms with Gasteiger partial charge in [0.15, 0.2) is 0 Å². The molecule has 2 rings (SSSR count). The van der Waals surface area contributed by atoms with E-state index in [1.165, 1.54) is 25.9 Å². The molecule has 120 valence electrons. The highest BCUT2D eigenvalue weighted by Crippen LogP contribution is 2.29. The zero-order chi connectivity index (χ0) is 15.2. The molecule has 5 nitrogen and oxygen atoms in total. The van der Waals surface area contributed by atoms with Crippen LogP contribution < -0.4 is 5.32 Å². The Kier molecular flexibility index (Phi) is 6.03. The van der Waals surface area contributed by atoms with E-state index < -0.39 is 5.97 Å².